The molecule has 1 aromatic carbocycles. The molecule has 1 saturated carbocycles. The Morgan fingerprint density at radius 3 is 2.35 bits per heavy atom. The second kappa shape index (κ2) is 5.93. The fraction of sp³-hybridized carbons (Fsp3) is 0.278. The Morgan fingerprint density at radius 2 is 1.70 bits per heavy atom. The molecule has 2 heterocycles. The number of rotatable bonds is 5. The Balaban J connectivity index is 1.60. The summed E-state index contributed by atoms with van der Waals surface area (Å²) in [4.78, 5) is 4.04. The molecule has 1 N–H and O–H groups in total. The lowest BCUT2D eigenvalue weighted by Crippen LogP contribution is -2.03. The summed E-state index contributed by atoms with van der Waals surface area (Å²) in [6.45, 7) is -0.0496. The number of aromatic nitrogens is 4. The molecule has 1 aliphatic rings. The Morgan fingerprint density at radius 1 is 1.00 bits per heavy atom. The number of hydrogen-bond acceptors (Lipinski definition) is 4. The van der Waals surface area contributed by atoms with Gasteiger partial charge in [0, 0.05) is 18.3 Å². The van der Waals surface area contributed by atoms with Gasteiger partial charge in [-0.05, 0) is 54.7 Å². The van der Waals surface area contributed by atoms with Gasteiger partial charge < -0.3 is 5.11 Å². The van der Waals surface area contributed by atoms with Crippen molar-refractivity contribution >= 4 is 0 Å². The molecule has 0 spiro atoms. The van der Waals surface area contributed by atoms with Gasteiger partial charge in [-0.2, -0.15) is 0 Å². The first-order chi connectivity index (χ1) is 11.3. The van der Waals surface area contributed by atoms with E-state index < -0.39 is 0 Å². The van der Waals surface area contributed by atoms with E-state index in [1.165, 1.54) is 11.1 Å². The van der Waals surface area contributed by atoms with E-state index >= 15 is 0 Å². The summed E-state index contributed by atoms with van der Waals surface area (Å²) >= 11 is 0. The van der Waals surface area contributed by atoms with Crippen molar-refractivity contribution in [2.24, 2.45) is 0 Å². The number of nitrogens with zero attached hydrogens (tertiary/aromatic N) is 4. The molecule has 1 aliphatic carbocycles. The van der Waals surface area contributed by atoms with Crippen molar-refractivity contribution in [1.29, 1.82) is 0 Å². The average Bonchev–Trinajstić information content (AvgIpc) is 3.35. The summed E-state index contributed by atoms with van der Waals surface area (Å²) in [5.74, 6) is 0.489. The molecule has 3 aromatic rings. The highest BCUT2D eigenvalue weighted by Crippen LogP contribution is 2.41. The molecule has 1 fully saturated rings. The number of aliphatic hydroxyl groups is 1. The van der Waals surface area contributed by atoms with Crippen LogP contribution in [0.5, 0.6) is 0 Å². The van der Waals surface area contributed by atoms with Crippen molar-refractivity contribution in [2.75, 3.05) is 0 Å². The third-order valence-corrected chi connectivity index (χ3v) is 4.23. The van der Waals surface area contributed by atoms with Crippen LogP contribution in [0.15, 0.2) is 48.8 Å². The summed E-state index contributed by atoms with van der Waals surface area (Å²) in [6, 6.07) is 12.4. The quantitative estimate of drug-likeness (QED) is 0.787. The molecule has 116 valence electrons. The summed E-state index contributed by atoms with van der Waals surface area (Å²) in [5, 5.41) is 17.8. The zero-order valence-corrected chi connectivity index (χ0v) is 12.8. The monoisotopic (exact) mass is 306 g/mol. The van der Waals surface area contributed by atoms with E-state index in [1.807, 2.05) is 29.2 Å². The van der Waals surface area contributed by atoms with Crippen LogP contribution in [0.25, 0.3) is 5.69 Å². The van der Waals surface area contributed by atoms with E-state index in [1.54, 1.807) is 0 Å². The van der Waals surface area contributed by atoms with E-state index in [0.29, 0.717) is 11.6 Å². The normalized spacial score (nSPS) is 14.1. The van der Waals surface area contributed by atoms with Crippen molar-refractivity contribution in [3.8, 4) is 5.69 Å². The number of aliphatic hydroxyl groups excluding tert-OH is 1. The van der Waals surface area contributed by atoms with E-state index in [0.717, 1.165) is 30.6 Å². The van der Waals surface area contributed by atoms with E-state index in [4.69, 9.17) is 0 Å². The molecule has 0 atom stereocenters. The van der Waals surface area contributed by atoms with Crippen LogP contribution in [-0.2, 0) is 13.0 Å². The smallest absolute Gasteiger partial charge is 0.112 e. The highest BCUT2D eigenvalue weighted by atomic mass is 16.3. The minimum absolute atomic E-state index is 0.0496. The number of pyridine rings is 1. The molecular formula is C18H18N4O. The maximum Gasteiger partial charge on any atom is 0.112 e. The predicted molar refractivity (Wildman–Crippen MR) is 86.3 cm³/mol. The zero-order valence-electron chi connectivity index (χ0n) is 12.8. The molecule has 0 aliphatic heterocycles. The van der Waals surface area contributed by atoms with Crippen molar-refractivity contribution in [1.82, 2.24) is 20.0 Å². The van der Waals surface area contributed by atoms with Crippen molar-refractivity contribution in [3.63, 3.8) is 0 Å². The first-order valence-electron chi connectivity index (χ1n) is 7.88. The third kappa shape index (κ3) is 2.87. The molecule has 4 rings (SSSR count). The molecular weight excluding hydrogens is 288 g/mol. The van der Waals surface area contributed by atoms with Crippen LogP contribution < -0.4 is 0 Å². The minimum Gasteiger partial charge on any atom is -0.390 e. The van der Waals surface area contributed by atoms with Crippen LogP contribution in [-0.4, -0.2) is 25.1 Å². The van der Waals surface area contributed by atoms with Gasteiger partial charge in [-0.1, -0.05) is 17.3 Å². The second-order valence-corrected chi connectivity index (χ2v) is 5.96. The fourth-order valence-corrected chi connectivity index (χ4v) is 2.88. The van der Waals surface area contributed by atoms with Crippen LogP contribution in [0.1, 0.15) is 41.3 Å². The summed E-state index contributed by atoms with van der Waals surface area (Å²) in [5.41, 5.74) is 5.26. The van der Waals surface area contributed by atoms with Gasteiger partial charge in [0.15, 0.2) is 0 Å². The van der Waals surface area contributed by atoms with E-state index in [2.05, 4.69) is 39.6 Å². The maximum absolute atomic E-state index is 9.44. The van der Waals surface area contributed by atoms with Gasteiger partial charge >= 0.3 is 0 Å². The van der Waals surface area contributed by atoms with Gasteiger partial charge in [0.25, 0.3) is 0 Å². The summed E-state index contributed by atoms with van der Waals surface area (Å²) < 4.78 is 1.87. The fourth-order valence-electron chi connectivity index (χ4n) is 2.88. The number of hydrogen-bond donors (Lipinski definition) is 1. The van der Waals surface area contributed by atoms with Gasteiger partial charge in [-0.15, -0.1) is 5.10 Å². The largest absolute Gasteiger partial charge is 0.390 e. The van der Waals surface area contributed by atoms with E-state index in [-0.39, 0.29) is 6.61 Å². The van der Waals surface area contributed by atoms with Crippen LogP contribution in [0, 0.1) is 0 Å². The lowest BCUT2D eigenvalue weighted by molar-refractivity contribution is 0.275. The number of benzene rings is 1. The predicted octanol–water partition coefficient (Wildman–Crippen LogP) is 2.62. The van der Waals surface area contributed by atoms with Gasteiger partial charge in [-0.3, -0.25) is 4.98 Å². The molecule has 0 bridgehead atoms. The van der Waals surface area contributed by atoms with Crippen molar-refractivity contribution < 1.29 is 5.11 Å². The second-order valence-electron chi connectivity index (χ2n) is 5.96. The average molecular weight is 306 g/mol. The Hall–Kier alpha value is -2.53. The van der Waals surface area contributed by atoms with Gasteiger partial charge in [-0.25, -0.2) is 4.68 Å². The zero-order chi connectivity index (χ0) is 15.6. The minimum atomic E-state index is -0.0496. The van der Waals surface area contributed by atoms with E-state index in [9.17, 15) is 5.11 Å². The maximum atomic E-state index is 9.44. The summed E-state index contributed by atoms with van der Waals surface area (Å²) in [7, 11) is 0. The SMILES string of the molecule is OCc1nnn(-c2ccc(Cc3ccncc3)cc2)c1C1CC1. The topological polar surface area (TPSA) is 63.8 Å². The van der Waals surface area contributed by atoms with Crippen LogP contribution >= 0.6 is 0 Å². The highest BCUT2D eigenvalue weighted by molar-refractivity contribution is 5.39. The third-order valence-electron chi connectivity index (χ3n) is 4.23. The van der Waals surface area contributed by atoms with Crippen LogP contribution in [0.2, 0.25) is 0 Å². The molecule has 0 unspecified atom stereocenters. The Bertz CT molecular complexity index is 792. The molecule has 2 aromatic heterocycles. The highest BCUT2D eigenvalue weighted by Gasteiger charge is 2.31. The van der Waals surface area contributed by atoms with Gasteiger partial charge in [0.2, 0.25) is 0 Å². The lowest BCUT2D eigenvalue weighted by atomic mass is 10.1. The van der Waals surface area contributed by atoms with Crippen LogP contribution in [0.4, 0.5) is 0 Å². The van der Waals surface area contributed by atoms with Crippen molar-refractivity contribution in [2.45, 2.75) is 31.8 Å². The first-order valence-corrected chi connectivity index (χ1v) is 7.88. The lowest BCUT2D eigenvalue weighted by Gasteiger charge is -2.08. The molecule has 23 heavy (non-hydrogen) atoms. The molecule has 0 saturated heterocycles. The van der Waals surface area contributed by atoms with Crippen molar-refractivity contribution in [3.05, 3.63) is 71.3 Å². The Kier molecular flexibility index (Phi) is 3.63. The van der Waals surface area contributed by atoms with Crippen LogP contribution in [0.3, 0.4) is 0 Å². The Labute approximate surface area is 134 Å². The molecule has 0 radical (unpaired) electrons. The molecule has 5 heteroatoms. The first kappa shape index (κ1) is 14.1. The molecule has 0 amide bonds. The molecule has 5 nitrogen and oxygen atoms in total. The van der Waals surface area contributed by atoms with Gasteiger partial charge in [0.05, 0.1) is 18.0 Å². The standard InChI is InChI=1S/C18H18N4O/c23-12-17-18(15-3-4-15)22(21-20-17)16-5-1-13(2-6-16)11-14-7-9-19-10-8-14/h1-2,5-10,15,23H,3-4,11-12H2. The summed E-state index contributed by atoms with van der Waals surface area (Å²) in [6.07, 6.45) is 6.83. The van der Waals surface area contributed by atoms with Gasteiger partial charge in [0.1, 0.15) is 5.69 Å².